The van der Waals surface area contributed by atoms with Crippen molar-refractivity contribution in [1.29, 1.82) is 0 Å². The SMILES string of the molecule is COc1ccc(C[C@H](NC(=O)C(/C=[N+](/C)C(=O)OC(C)(C)C)Cc2ccc(O)cc2)C(=O)OCc2ccccc2)cc1B(O)O. The highest BCUT2D eigenvalue weighted by atomic mass is 16.6. The molecule has 0 aliphatic rings. The largest absolute Gasteiger partial charge is 0.596 e. The summed E-state index contributed by atoms with van der Waals surface area (Å²) in [6, 6.07) is 18.8. The molecule has 0 bridgehead atoms. The van der Waals surface area contributed by atoms with E-state index in [-0.39, 0.29) is 36.4 Å². The van der Waals surface area contributed by atoms with Crippen molar-refractivity contribution in [3.05, 3.63) is 89.5 Å². The first kappa shape index (κ1) is 34.8. The summed E-state index contributed by atoms with van der Waals surface area (Å²) in [7, 11) is 1.03. The number of hydrogen-bond acceptors (Lipinski definition) is 9. The first-order valence-corrected chi connectivity index (χ1v) is 14.4. The van der Waals surface area contributed by atoms with Crippen LogP contribution in [0.25, 0.3) is 0 Å². The zero-order chi connectivity index (χ0) is 33.1. The van der Waals surface area contributed by atoms with Gasteiger partial charge in [-0.15, -0.1) is 4.58 Å². The molecule has 0 heterocycles. The van der Waals surface area contributed by atoms with Crippen LogP contribution in [-0.2, 0) is 38.5 Å². The minimum atomic E-state index is -1.83. The molecule has 2 amide bonds. The molecule has 0 spiro atoms. The fourth-order valence-electron chi connectivity index (χ4n) is 4.41. The smallest absolute Gasteiger partial charge is 0.508 e. The summed E-state index contributed by atoms with van der Waals surface area (Å²) in [6.45, 7) is 5.15. The number of hydrogen-bond donors (Lipinski definition) is 4. The first-order valence-electron chi connectivity index (χ1n) is 14.4. The van der Waals surface area contributed by atoms with Gasteiger partial charge in [0, 0.05) is 11.9 Å². The molecule has 2 atom stereocenters. The van der Waals surface area contributed by atoms with Crippen molar-refractivity contribution >= 4 is 36.8 Å². The second kappa shape index (κ2) is 15.9. The molecule has 12 heteroatoms. The van der Waals surface area contributed by atoms with E-state index >= 15 is 0 Å². The van der Waals surface area contributed by atoms with Gasteiger partial charge in [0.05, 0.1) is 7.11 Å². The van der Waals surface area contributed by atoms with Gasteiger partial charge in [-0.3, -0.25) is 4.79 Å². The fraction of sp³-hybridized carbons (Fsp3) is 0.333. The Morgan fingerprint density at radius 1 is 0.933 bits per heavy atom. The van der Waals surface area contributed by atoms with E-state index in [4.69, 9.17) is 14.2 Å². The van der Waals surface area contributed by atoms with Crippen molar-refractivity contribution in [2.24, 2.45) is 5.92 Å². The summed E-state index contributed by atoms with van der Waals surface area (Å²) in [5, 5.41) is 32.2. The quantitative estimate of drug-likeness (QED) is 0.104. The molecule has 45 heavy (non-hydrogen) atoms. The highest BCUT2D eigenvalue weighted by Crippen LogP contribution is 2.16. The van der Waals surface area contributed by atoms with Crippen LogP contribution in [0.3, 0.4) is 0 Å². The molecule has 4 N–H and O–H groups in total. The summed E-state index contributed by atoms with van der Waals surface area (Å²) in [6.07, 6.45) is 0.833. The van der Waals surface area contributed by atoms with Gasteiger partial charge in [-0.05, 0) is 62.1 Å². The van der Waals surface area contributed by atoms with E-state index in [0.29, 0.717) is 11.1 Å². The number of amides is 2. The van der Waals surface area contributed by atoms with Crippen molar-refractivity contribution in [1.82, 2.24) is 5.32 Å². The van der Waals surface area contributed by atoms with Gasteiger partial charge in [0.25, 0.3) is 0 Å². The number of rotatable bonds is 12. The van der Waals surface area contributed by atoms with Gasteiger partial charge >= 0.3 is 19.2 Å². The second-order valence-corrected chi connectivity index (χ2v) is 11.5. The average Bonchev–Trinajstić information content (AvgIpc) is 2.99. The van der Waals surface area contributed by atoms with Crippen LogP contribution in [0, 0.1) is 5.92 Å². The van der Waals surface area contributed by atoms with Crippen molar-refractivity contribution in [2.75, 3.05) is 14.2 Å². The lowest BCUT2D eigenvalue weighted by molar-refractivity contribution is -0.416. The van der Waals surface area contributed by atoms with Crippen LogP contribution in [0.2, 0.25) is 0 Å². The highest BCUT2D eigenvalue weighted by Gasteiger charge is 2.31. The fourth-order valence-corrected chi connectivity index (χ4v) is 4.41. The number of aromatic hydroxyl groups is 1. The lowest BCUT2D eigenvalue weighted by Crippen LogP contribution is -2.47. The molecule has 0 radical (unpaired) electrons. The van der Waals surface area contributed by atoms with Crippen LogP contribution in [0.15, 0.2) is 72.8 Å². The molecular weight excluding hydrogens is 579 g/mol. The van der Waals surface area contributed by atoms with Crippen molar-refractivity contribution in [3.63, 3.8) is 0 Å². The monoisotopic (exact) mass is 619 g/mol. The zero-order valence-electron chi connectivity index (χ0n) is 26.1. The molecule has 3 aromatic rings. The number of phenols is 1. The molecule has 0 aliphatic carbocycles. The van der Waals surface area contributed by atoms with E-state index in [1.165, 1.54) is 49.2 Å². The summed E-state index contributed by atoms with van der Waals surface area (Å²) in [4.78, 5) is 40.0. The predicted octanol–water partition coefficient (Wildman–Crippen LogP) is 2.36. The normalized spacial score (nSPS) is 12.9. The van der Waals surface area contributed by atoms with Crippen LogP contribution in [0.4, 0.5) is 4.79 Å². The summed E-state index contributed by atoms with van der Waals surface area (Å²) >= 11 is 0. The molecular formula is C33H40BN2O9+. The topological polar surface area (TPSA) is 155 Å². The number of phenolic OH excluding ortho intramolecular Hbond substituents is 1. The Hall–Kier alpha value is -4.68. The molecule has 1 unspecified atom stereocenters. The van der Waals surface area contributed by atoms with Gasteiger partial charge in [-0.25, -0.2) is 4.79 Å². The maximum absolute atomic E-state index is 13.8. The van der Waals surface area contributed by atoms with Gasteiger partial charge in [0.2, 0.25) is 5.91 Å². The maximum Gasteiger partial charge on any atom is 0.596 e. The maximum atomic E-state index is 13.8. The van der Waals surface area contributed by atoms with Crippen LogP contribution in [-0.4, -0.2) is 76.8 Å². The van der Waals surface area contributed by atoms with E-state index in [1.807, 2.05) is 18.2 Å². The summed E-state index contributed by atoms with van der Waals surface area (Å²) < 4.78 is 17.4. The van der Waals surface area contributed by atoms with Gasteiger partial charge in [0.1, 0.15) is 42.7 Å². The number of methoxy groups -OCH3 is 1. The number of nitrogens with one attached hydrogen (secondary N) is 1. The van der Waals surface area contributed by atoms with Gasteiger partial charge in [-0.2, -0.15) is 4.79 Å². The molecule has 3 rings (SSSR count). The zero-order valence-corrected chi connectivity index (χ0v) is 26.1. The lowest BCUT2D eigenvalue weighted by atomic mass is 9.78. The molecule has 0 aliphatic heterocycles. The number of nitrogens with zero attached hydrogens (tertiary/aromatic N) is 1. The van der Waals surface area contributed by atoms with Crippen LogP contribution in [0.1, 0.15) is 37.5 Å². The first-order chi connectivity index (χ1) is 21.3. The molecule has 3 aromatic carbocycles. The average molecular weight is 620 g/mol. The second-order valence-electron chi connectivity index (χ2n) is 11.5. The number of carbonyl (C=O) groups excluding carboxylic acids is 3. The Bertz CT molecular complexity index is 1490. The Labute approximate surface area is 263 Å². The number of esters is 1. The van der Waals surface area contributed by atoms with E-state index in [9.17, 15) is 29.5 Å². The molecule has 238 valence electrons. The molecule has 0 aromatic heterocycles. The molecule has 0 saturated heterocycles. The van der Waals surface area contributed by atoms with Crippen LogP contribution in [0.5, 0.6) is 11.5 Å². The van der Waals surface area contributed by atoms with Crippen LogP contribution < -0.4 is 15.5 Å². The Balaban J connectivity index is 1.93. The van der Waals surface area contributed by atoms with Crippen molar-refractivity contribution < 1.29 is 48.3 Å². The third-order valence-corrected chi connectivity index (χ3v) is 6.65. The third kappa shape index (κ3) is 11.1. The minimum absolute atomic E-state index is 0.0281. The lowest BCUT2D eigenvalue weighted by Gasteiger charge is -2.21. The van der Waals surface area contributed by atoms with Gasteiger partial charge in [0.15, 0.2) is 6.21 Å². The molecule has 0 fully saturated rings. The minimum Gasteiger partial charge on any atom is -0.508 e. The van der Waals surface area contributed by atoms with Crippen molar-refractivity contribution in [3.8, 4) is 11.5 Å². The van der Waals surface area contributed by atoms with E-state index in [0.717, 1.165) is 5.56 Å². The van der Waals surface area contributed by atoms with E-state index < -0.39 is 42.6 Å². The van der Waals surface area contributed by atoms with Crippen LogP contribution >= 0.6 is 0 Å². The van der Waals surface area contributed by atoms with Crippen molar-refractivity contribution in [2.45, 2.75) is 51.9 Å². The van der Waals surface area contributed by atoms with Gasteiger partial charge in [-0.1, -0.05) is 54.6 Å². The van der Waals surface area contributed by atoms with E-state index in [2.05, 4.69) is 5.32 Å². The number of benzene rings is 3. The Morgan fingerprint density at radius 3 is 2.18 bits per heavy atom. The summed E-state index contributed by atoms with van der Waals surface area (Å²) in [5.41, 5.74) is 1.28. The summed E-state index contributed by atoms with van der Waals surface area (Å²) in [5.74, 6) is -1.92. The Kier molecular flexibility index (Phi) is 12.3. The Morgan fingerprint density at radius 2 is 1.58 bits per heavy atom. The van der Waals surface area contributed by atoms with Gasteiger partial charge < -0.3 is 34.7 Å². The number of carbonyl (C=O) groups is 3. The number of ether oxygens (including phenoxy) is 3. The standard InChI is InChI=1S/C33H39BN2O9/c1-33(2,3)45-32(40)36(4)20-25(17-22-11-14-26(37)15-12-22)30(38)35-28(31(39)44-21-23-9-7-6-8-10-23)19-24-13-16-29(43-5)27(18-24)34(41)42/h6-16,18,20,25,28,41-42H,17,19,21H2,1-5H3,(H-,35,37,38)/p+1/b36-20-/t25?,28-/m0/s1. The predicted molar refractivity (Wildman–Crippen MR) is 168 cm³/mol. The van der Waals surface area contributed by atoms with E-state index in [1.54, 1.807) is 51.1 Å². The molecule has 11 nitrogen and oxygen atoms in total. The molecule has 0 saturated carbocycles. The highest BCUT2D eigenvalue weighted by molar-refractivity contribution is 6.59. The third-order valence-electron chi connectivity index (χ3n) is 6.65.